The van der Waals surface area contributed by atoms with Gasteiger partial charge < -0.3 is 29.7 Å². The Morgan fingerprint density at radius 2 is 1.97 bits per heavy atom. The molecule has 4 aliphatic rings. The molecule has 0 unspecified atom stereocenters. The van der Waals surface area contributed by atoms with Crippen molar-refractivity contribution in [2.75, 3.05) is 62.7 Å². The number of carbonyl (C=O) groups is 1. The quantitative estimate of drug-likeness (QED) is 0.600. The Hall–Kier alpha value is -3.14. The van der Waals surface area contributed by atoms with Crippen molar-refractivity contribution in [3.8, 4) is 5.75 Å². The second kappa shape index (κ2) is 10.3. The summed E-state index contributed by atoms with van der Waals surface area (Å²) in [6, 6.07) is 6.65. The number of aromatic nitrogens is 1. The van der Waals surface area contributed by atoms with Crippen LogP contribution in [-0.2, 0) is 22.7 Å². The van der Waals surface area contributed by atoms with Gasteiger partial charge >= 0.3 is 0 Å². The molecule has 5 heterocycles. The Kier molecular flexibility index (Phi) is 6.75. The number of morpholine rings is 1. The predicted octanol–water partition coefficient (Wildman–Crippen LogP) is 2.62. The van der Waals surface area contributed by atoms with Crippen molar-refractivity contribution in [3.05, 3.63) is 53.7 Å². The van der Waals surface area contributed by atoms with Crippen LogP contribution >= 0.6 is 0 Å². The average molecular weight is 506 g/mol. The highest BCUT2D eigenvalue weighted by atomic mass is 16.5. The maximum Gasteiger partial charge on any atom is 0.246 e. The predicted molar refractivity (Wildman–Crippen MR) is 141 cm³/mol. The monoisotopic (exact) mass is 505 g/mol. The van der Waals surface area contributed by atoms with Crippen molar-refractivity contribution in [1.82, 2.24) is 14.8 Å². The Labute approximate surface area is 217 Å². The van der Waals surface area contributed by atoms with E-state index in [4.69, 9.17) is 9.47 Å². The maximum atomic E-state index is 11.8. The summed E-state index contributed by atoms with van der Waals surface area (Å²) in [4.78, 5) is 23.1. The van der Waals surface area contributed by atoms with Crippen LogP contribution < -0.4 is 15.0 Å². The van der Waals surface area contributed by atoms with Gasteiger partial charge in [-0.1, -0.05) is 6.58 Å². The van der Waals surface area contributed by atoms with Gasteiger partial charge in [-0.3, -0.25) is 9.69 Å². The number of pyridine rings is 1. The van der Waals surface area contributed by atoms with Gasteiger partial charge in [0, 0.05) is 44.1 Å². The summed E-state index contributed by atoms with van der Waals surface area (Å²) < 4.78 is 11.8. The van der Waals surface area contributed by atoms with Gasteiger partial charge in [-0.05, 0) is 67.3 Å². The largest absolute Gasteiger partial charge is 0.486 e. The first-order valence-corrected chi connectivity index (χ1v) is 13.3. The molecule has 3 saturated heterocycles. The first kappa shape index (κ1) is 24.2. The summed E-state index contributed by atoms with van der Waals surface area (Å²) in [5.74, 6) is 1.96. The number of nitrogens with one attached hydrogen (secondary N) is 1. The van der Waals surface area contributed by atoms with Crippen molar-refractivity contribution in [1.29, 1.82) is 0 Å². The normalized spacial score (nSPS) is 20.7. The van der Waals surface area contributed by atoms with Gasteiger partial charge in [-0.25, -0.2) is 4.98 Å². The van der Waals surface area contributed by atoms with Gasteiger partial charge in [-0.15, -0.1) is 0 Å². The first-order chi connectivity index (χ1) is 18.1. The van der Waals surface area contributed by atoms with Gasteiger partial charge in [0.2, 0.25) is 5.91 Å². The molecule has 0 atom stereocenters. The number of aliphatic hydroxyl groups excluding tert-OH is 1. The highest BCUT2D eigenvalue weighted by Crippen LogP contribution is 2.42. The molecule has 4 aliphatic heterocycles. The highest BCUT2D eigenvalue weighted by Gasteiger charge is 2.36. The molecule has 37 heavy (non-hydrogen) atoms. The van der Waals surface area contributed by atoms with Crippen LogP contribution in [0.2, 0.25) is 0 Å². The second-order valence-corrected chi connectivity index (χ2v) is 10.3. The van der Waals surface area contributed by atoms with Crippen LogP contribution in [0.15, 0.2) is 37.1 Å². The minimum Gasteiger partial charge on any atom is -0.486 e. The van der Waals surface area contributed by atoms with Crippen molar-refractivity contribution in [2.45, 2.75) is 38.0 Å². The number of amides is 1. The fourth-order valence-electron chi connectivity index (χ4n) is 6.05. The Morgan fingerprint density at radius 3 is 2.70 bits per heavy atom. The number of likely N-dealkylation sites (tertiary alicyclic amines) is 2. The molecular weight excluding hydrogens is 470 g/mol. The number of piperidine rings is 1. The molecule has 9 heteroatoms. The van der Waals surface area contributed by atoms with E-state index in [-0.39, 0.29) is 12.5 Å². The molecule has 6 rings (SSSR count). The molecule has 0 radical (unpaired) electrons. The summed E-state index contributed by atoms with van der Waals surface area (Å²) in [6.45, 7) is 10.7. The third-order valence-electron chi connectivity index (χ3n) is 8.25. The van der Waals surface area contributed by atoms with E-state index in [1.165, 1.54) is 11.6 Å². The lowest BCUT2D eigenvalue weighted by Gasteiger charge is -2.47. The average Bonchev–Trinajstić information content (AvgIpc) is 3.11. The molecule has 0 spiro atoms. The molecule has 1 aromatic carbocycles. The number of hydrogen-bond donors (Lipinski definition) is 2. The van der Waals surface area contributed by atoms with Gasteiger partial charge in [0.1, 0.15) is 18.2 Å². The topological polar surface area (TPSA) is 90.4 Å². The molecule has 0 aliphatic carbocycles. The summed E-state index contributed by atoms with van der Waals surface area (Å²) in [5, 5.41) is 13.8. The van der Waals surface area contributed by atoms with Gasteiger partial charge in [0.05, 0.1) is 31.1 Å². The zero-order valence-corrected chi connectivity index (χ0v) is 21.2. The summed E-state index contributed by atoms with van der Waals surface area (Å²) in [7, 11) is 0. The van der Waals surface area contributed by atoms with E-state index >= 15 is 0 Å². The minimum absolute atomic E-state index is 0.0162. The van der Waals surface area contributed by atoms with Crippen molar-refractivity contribution >= 4 is 23.1 Å². The number of nitrogens with zero attached hydrogens (tertiary/aromatic N) is 4. The lowest BCUT2D eigenvalue weighted by molar-refractivity contribution is -0.133. The van der Waals surface area contributed by atoms with Crippen molar-refractivity contribution in [3.63, 3.8) is 0 Å². The third-order valence-corrected chi connectivity index (χ3v) is 8.25. The van der Waals surface area contributed by atoms with Crippen LogP contribution in [0.1, 0.15) is 35.4 Å². The van der Waals surface area contributed by atoms with Crippen LogP contribution in [0.4, 0.5) is 17.2 Å². The van der Waals surface area contributed by atoms with Crippen LogP contribution in [0.3, 0.4) is 0 Å². The van der Waals surface area contributed by atoms with Crippen LogP contribution in [0.25, 0.3) is 0 Å². The number of aliphatic hydroxyl groups is 1. The van der Waals surface area contributed by atoms with E-state index < -0.39 is 0 Å². The Bertz CT molecular complexity index is 1170. The fraction of sp³-hybridized carbons (Fsp3) is 0.500. The number of fused-ring (bicyclic) bond motifs is 2. The molecule has 3 fully saturated rings. The second-order valence-electron chi connectivity index (χ2n) is 10.3. The van der Waals surface area contributed by atoms with Crippen LogP contribution in [0.5, 0.6) is 5.75 Å². The van der Waals surface area contributed by atoms with Crippen molar-refractivity contribution in [2.24, 2.45) is 0 Å². The molecular formula is C28H35N5O4. The molecule has 0 bridgehead atoms. The lowest BCUT2D eigenvalue weighted by atomic mass is 9.85. The smallest absolute Gasteiger partial charge is 0.246 e. The van der Waals surface area contributed by atoms with Crippen molar-refractivity contribution < 1.29 is 19.4 Å². The molecule has 2 N–H and O–H groups in total. The molecule has 1 amide bonds. The fourth-order valence-corrected chi connectivity index (χ4v) is 6.05. The summed E-state index contributed by atoms with van der Waals surface area (Å²) >= 11 is 0. The van der Waals surface area contributed by atoms with Gasteiger partial charge in [0.15, 0.2) is 0 Å². The van der Waals surface area contributed by atoms with Crippen LogP contribution in [-0.4, -0.2) is 84.3 Å². The zero-order valence-electron chi connectivity index (χ0n) is 21.2. The first-order valence-electron chi connectivity index (χ1n) is 13.3. The zero-order chi connectivity index (χ0) is 25.4. The minimum atomic E-state index is -0.0162. The van der Waals surface area contributed by atoms with E-state index in [1.54, 1.807) is 0 Å². The van der Waals surface area contributed by atoms with E-state index in [0.29, 0.717) is 18.6 Å². The Balaban J connectivity index is 1.18. The van der Waals surface area contributed by atoms with E-state index in [0.717, 1.165) is 99.4 Å². The molecule has 9 nitrogen and oxygen atoms in total. The molecule has 1 aromatic heterocycles. The number of benzene rings is 1. The van der Waals surface area contributed by atoms with Gasteiger partial charge in [-0.2, -0.15) is 0 Å². The summed E-state index contributed by atoms with van der Waals surface area (Å²) in [6.07, 6.45) is 5.29. The number of anilines is 3. The van der Waals surface area contributed by atoms with E-state index in [2.05, 4.69) is 38.8 Å². The highest BCUT2D eigenvalue weighted by molar-refractivity contribution is 5.87. The number of rotatable bonds is 5. The van der Waals surface area contributed by atoms with E-state index in [1.807, 2.05) is 17.2 Å². The van der Waals surface area contributed by atoms with E-state index in [9.17, 15) is 9.90 Å². The standard InChI is InChI=1S/C28H35N5O4/c1-2-27(35)33-15-21(16-33)31-7-4-19(5-8-31)22-14-24-26(13-20(22)17-34)37-18-23-25(3-6-29-28(23)30-24)32-9-11-36-12-10-32/h2-3,6,13-14,19,21,34H,1,4-5,7-12,15-18H2,(H,29,30). The molecule has 2 aromatic rings. The number of ether oxygens (including phenoxy) is 2. The maximum absolute atomic E-state index is 11.8. The lowest BCUT2D eigenvalue weighted by Crippen LogP contribution is -2.61. The molecule has 196 valence electrons. The summed E-state index contributed by atoms with van der Waals surface area (Å²) in [5.41, 5.74) is 5.19. The number of carbonyl (C=O) groups excluding carboxylic acids is 1. The SMILES string of the molecule is C=CC(=O)N1CC(N2CCC(c3cc4c(cc3CO)OCc3c(N5CCOCC5)ccnc3N4)CC2)C1. The van der Waals surface area contributed by atoms with Gasteiger partial charge in [0.25, 0.3) is 0 Å². The number of hydrogen-bond acceptors (Lipinski definition) is 8. The Morgan fingerprint density at radius 1 is 1.19 bits per heavy atom. The molecule has 0 saturated carbocycles. The van der Waals surface area contributed by atoms with Crippen LogP contribution in [0, 0.1) is 0 Å². The third kappa shape index (κ3) is 4.67.